The minimum atomic E-state index is -0.352. The number of hydrogen-bond donors (Lipinski definition) is 1. The normalized spacial score (nSPS) is 17.9. The molecule has 3 rings (SSSR count). The molecule has 134 valence electrons. The number of hydrogen-bond acceptors (Lipinski definition) is 6. The number of rotatable bonds is 4. The van der Waals surface area contributed by atoms with Gasteiger partial charge in [0.1, 0.15) is 11.8 Å². The van der Waals surface area contributed by atoms with Crippen LogP contribution < -0.4 is 5.56 Å². The third-order valence-corrected chi connectivity index (χ3v) is 4.08. The van der Waals surface area contributed by atoms with E-state index in [1.54, 1.807) is 4.90 Å². The van der Waals surface area contributed by atoms with Crippen LogP contribution in [0.3, 0.4) is 0 Å². The van der Waals surface area contributed by atoms with Gasteiger partial charge in [-0.05, 0) is 13.0 Å². The molecule has 0 unspecified atom stereocenters. The van der Waals surface area contributed by atoms with Gasteiger partial charge in [-0.2, -0.15) is 10.2 Å². The zero-order valence-corrected chi connectivity index (χ0v) is 14.6. The first-order valence-corrected chi connectivity index (χ1v) is 8.40. The monoisotopic (exact) mass is 346 g/mol. The Balaban J connectivity index is 1.76. The lowest BCUT2D eigenvalue weighted by Crippen LogP contribution is -2.43. The van der Waals surface area contributed by atoms with E-state index in [4.69, 9.17) is 4.74 Å². The molecule has 1 aliphatic heterocycles. The van der Waals surface area contributed by atoms with E-state index in [9.17, 15) is 9.59 Å². The van der Waals surface area contributed by atoms with Gasteiger partial charge in [0.15, 0.2) is 11.6 Å². The van der Waals surface area contributed by atoms with Gasteiger partial charge in [0.05, 0.1) is 13.2 Å². The van der Waals surface area contributed by atoms with Gasteiger partial charge in [-0.3, -0.25) is 14.7 Å². The molecule has 1 atom stereocenters. The van der Waals surface area contributed by atoms with Crippen LogP contribution in [0.4, 0.5) is 0 Å². The van der Waals surface area contributed by atoms with Crippen molar-refractivity contribution in [2.75, 3.05) is 19.7 Å². The lowest BCUT2D eigenvalue weighted by Gasteiger charge is -2.31. The topological polar surface area (TPSA) is 106 Å². The van der Waals surface area contributed by atoms with E-state index in [-0.39, 0.29) is 29.2 Å². The molecule has 1 N–H and O–H groups in total. The Morgan fingerprint density at radius 3 is 2.92 bits per heavy atom. The summed E-state index contributed by atoms with van der Waals surface area (Å²) in [6.07, 6.45) is -0.352. The maximum Gasteiger partial charge on any atom is 0.274 e. The Hall–Kier alpha value is -2.55. The Bertz CT molecular complexity index is 812. The standard InChI is InChI=1S/C16H22N6O3/c1-4-22-13(23)6-5-11(20-22)16(24)21-7-8-25-12(9-21)15-17-14(10(2)3)18-19-15/h5-6,10,12H,4,7-9H2,1-3H3,(H,17,18,19)/t12-/m0/s1. The van der Waals surface area contributed by atoms with Gasteiger partial charge in [0, 0.05) is 25.1 Å². The van der Waals surface area contributed by atoms with E-state index in [1.807, 2.05) is 20.8 Å². The number of H-pyrrole nitrogens is 1. The second-order valence-corrected chi connectivity index (χ2v) is 6.22. The van der Waals surface area contributed by atoms with E-state index >= 15 is 0 Å². The molecule has 0 bridgehead atoms. The fourth-order valence-electron chi connectivity index (χ4n) is 2.64. The predicted molar refractivity (Wildman–Crippen MR) is 89.2 cm³/mol. The number of aromatic nitrogens is 5. The van der Waals surface area contributed by atoms with E-state index in [0.717, 1.165) is 5.82 Å². The Labute approximate surface area is 145 Å². The summed E-state index contributed by atoms with van der Waals surface area (Å²) in [5, 5.41) is 11.2. The molecule has 1 saturated heterocycles. The molecule has 2 aromatic heterocycles. The number of ether oxygens (including phenoxy) is 1. The number of aromatic amines is 1. The fraction of sp³-hybridized carbons (Fsp3) is 0.562. The van der Waals surface area contributed by atoms with E-state index in [0.29, 0.717) is 32.1 Å². The quantitative estimate of drug-likeness (QED) is 0.874. The third-order valence-electron chi connectivity index (χ3n) is 4.08. The summed E-state index contributed by atoms with van der Waals surface area (Å²) in [7, 11) is 0. The number of morpholine rings is 1. The van der Waals surface area contributed by atoms with Gasteiger partial charge < -0.3 is 9.64 Å². The van der Waals surface area contributed by atoms with Crippen molar-refractivity contribution in [2.45, 2.75) is 39.3 Å². The van der Waals surface area contributed by atoms with Gasteiger partial charge >= 0.3 is 0 Å². The van der Waals surface area contributed by atoms with Gasteiger partial charge in [-0.25, -0.2) is 9.67 Å². The van der Waals surface area contributed by atoms with Gasteiger partial charge in [-0.1, -0.05) is 13.8 Å². The number of aryl methyl sites for hydroxylation is 1. The highest BCUT2D eigenvalue weighted by atomic mass is 16.5. The van der Waals surface area contributed by atoms with Gasteiger partial charge in [-0.15, -0.1) is 0 Å². The van der Waals surface area contributed by atoms with Crippen LogP contribution in [0.15, 0.2) is 16.9 Å². The van der Waals surface area contributed by atoms with Crippen LogP contribution in [0.1, 0.15) is 54.9 Å². The molecule has 1 aliphatic rings. The summed E-state index contributed by atoms with van der Waals surface area (Å²) in [5.74, 6) is 1.33. The highest BCUT2D eigenvalue weighted by Gasteiger charge is 2.29. The molecular formula is C16H22N6O3. The Morgan fingerprint density at radius 1 is 1.44 bits per heavy atom. The number of nitrogens with zero attached hydrogens (tertiary/aromatic N) is 5. The van der Waals surface area contributed by atoms with Crippen molar-refractivity contribution in [3.8, 4) is 0 Å². The first kappa shape index (κ1) is 17.3. The smallest absolute Gasteiger partial charge is 0.274 e. The average molecular weight is 346 g/mol. The molecule has 2 aromatic rings. The molecule has 9 nitrogen and oxygen atoms in total. The van der Waals surface area contributed by atoms with E-state index < -0.39 is 0 Å². The van der Waals surface area contributed by atoms with Crippen molar-refractivity contribution in [1.29, 1.82) is 0 Å². The molecular weight excluding hydrogens is 324 g/mol. The SMILES string of the molecule is CCn1nc(C(=O)N2CCO[C@H](c3nc(C(C)C)n[nH]3)C2)ccc1=O. The number of amides is 1. The lowest BCUT2D eigenvalue weighted by atomic mass is 10.2. The molecule has 9 heteroatoms. The first-order chi connectivity index (χ1) is 12.0. The molecule has 1 fully saturated rings. The van der Waals surface area contributed by atoms with Gasteiger partial charge in [0.25, 0.3) is 11.5 Å². The third kappa shape index (κ3) is 3.60. The van der Waals surface area contributed by atoms with E-state index in [1.165, 1.54) is 16.8 Å². The number of nitrogens with one attached hydrogen (secondary N) is 1. The summed E-state index contributed by atoms with van der Waals surface area (Å²) >= 11 is 0. The highest BCUT2D eigenvalue weighted by molar-refractivity contribution is 5.92. The van der Waals surface area contributed by atoms with Crippen molar-refractivity contribution in [3.05, 3.63) is 39.8 Å². The van der Waals surface area contributed by atoms with Crippen LogP contribution in [-0.2, 0) is 11.3 Å². The van der Waals surface area contributed by atoms with Crippen LogP contribution in [0, 0.1) is 0 Å². The van der Waals surface area contributed by atoms with E-state index in [2.05, 4.69) is 20.3 Å². The van der Waals surface area contributed by atoms with Crippen molar-refractivity contribution in [2.24, 2.45) is 0 Å². The minimum Gasteiger partial charge on any atom is -0.367 e. The van der Waals surface area contributed by atoms with Crippen LogP contribution in [0.2, 0.25) is 0 Å². The van der Waals surface area contributed by atoms with Crippen LogP contribution in [0.5, 0.6) is 0 Å². The number of carbonyl (C=O) groups is 1. The van der Waals surface area contributed by atoms with Crippen LogP contribution in [0.25, 0.3) is 0 Å². The van der Waals surface area contributed by atoms with Crippen LogP contribution in [-0.4, -0.2) is 55.5 Å². The van der Waals surface area contributed by atoms with Crippen LogP contribution >= 0.6 is 0 Å². The largest absolute Gasteiger partial charge is 0.367 e. The molecule has 0 saturated carbocycles. The fourth-order valence-corrected chi connectivity index (χ4v) is 2.64. The maximum absolute atomic E-state index is 12.7. The zero-order chi connectivity index (χ0) is 18.0. The highest BCUT2D eigenvalue weighted by Crippen LogP contribution is 2.21. The number of carbonyl (C=O) groups excluding carboxylic acids is 1. The average Bonchev–Trinajstić information content (AvgIpc) is 3.12. The molecule has 1 amide bonds. The van der Waals surface area contributed by atoms with Crippen molar-refractivity contribution >= 4 is 5.91 Å². The minimum absolute atomic E-state index is 0.214. The Kier molecular flexibility index (Phi) is 4.93. The maximum atomic E-state index is 12.7. The van der Waals surface area contributed by atoms with Gasteiger partial charge in [0.2, 0.25) is 0 Å². The lowest BCUT2D eigenvalue weighted by molar-refractivity contribution is -0.0269. The molecule has 0 aliphatic carbocycles. The van der Waals surface area contributed by atoms with Crippen molar-refractivity contribution < 1.29 is 9.53 Å². The molecule has 0 aromatic carbocycles. The van der Waals surface area contributed by atoms with Crippen molar-refractivity contribution in [1.82, 2.24) is 29.9 Å². The summed E-state index contributed by atoms with van der Waals surface area (Å²) < 4.78 is 7.01. The molecule has 0 spiro atoms. The predicted octanol–water partition coefficient (Wildman–Crippen LogP) is 0.718. The molecule has 3 heterocycles. The summed E-state index contributed by atoms with van der Waals surface area (Å²) in [4.78, 5) is 30.5. The molecule has 0 radical (unpaired) electrons. The molecule has 25 heavy (non-hydrogen) atoms. The summed E-state index contributed by atoms with van der Waals surface area (Å²) in [6.45, 7) is 7.48. The summed E-state index contributed by atoms with van der Waals surface area (Å²) in [5.41, 5.74) is 0.0318. The second-order valence-electron chi connectivity index (χ2n) is 6.22. The summed E-state index contributed by atoms with van der Waals surface area (Å²) in [6, 6.07) is 2.83. The zero-order valence-electron chi connectivity index (χ0n) is 14.6. The second kappa shape index (κ2) is 7.14. The Morgan fingerprint density at radius 2 is 2.24 bits per heavy atom. The first-order valence-electron chi connectivity index (χ1n) is 8.40. The van der Waals surface area contributed by atoms with Crippen molar-refractivity contribution in [3.63, 3.8) is 0 Å².